The minimum absolute atomic E-state index is 0.153. The van der Waals surface area contributed by atoms with E-state index in [0.717, 1.165) is 17.5 Å². The van der Waals surface area contributed by atoms with E-state index >= 15 is 0 Å². The quantitative estimate of drug-likeness (QED) is 0.909. The van der Waals surface area contributed by atoms with Gasteiger partial charge in [0.15, 0.2) is 0 Å². The van der Waals surface area contributed by atoms with Crippen LogP contribution in [0.5, 0.6) is 5.88 Å². The summed E-state index contributed by atoms with van der Waals surface area (Å²) in [4.78, 5) is 4.21. The maximum absolute atomic E-state index is 6.07. The Morgan fingerprint density at radius 3 is 2.55 bits per heavy atom. The van der Waals surface area contributed by atoms with E-state index in [9.17, 15) is 0 Å². The number of hydrogen-bond acceptors (Lipinski definition) is 3. The number of methoxy groups -OCH3 is 1. The summed E-state index contributed by atoms with van der Waals surface area (Å²) in [5.41, 5.74) is 2.22. The first kappa shape index (κ1) is 15.1. The van der Waals surface area contributed by atoms with Crippen LogP contribution in [-0.4, -0.2) is 19.1 Å². The Bertz CT molecular complexity index is 573. The van der Waals surface area contributed by atoms with Crippen molar-refractivity contribution in [1.29, 1.82) is 0 Å². The molecule has 0 saturated carbocycles. The Balaban J connectivity index is 2.16. The lowest BCUT2D eigenvalue weighted by atomic mass is 10.00. The number of pyridine rings is 1. The lowest BCUT2D eigenvalue weighted by Gasteiger charge is -2.17. The van der Waals surface area contributed by atoms with Crippen LogP contribution in [0.3, 0.4) is 0 Å². The molecular formula is C15H16Cl2N2O. The van der Waals surface area contributed by atoms with Crippen molar-refractivity contribution in [3.63, 3.8) is 0 Å². The molecule has 0 saturated heterocycles. The fourth-order valence-corrected chi connectivity index (χ4v) is 2.31. The van der Waals surface area contributed by atoms with E-state index < -0.39 is 0 Å². The molecule has 1 aromatic heterocycles. The molecule has 0 aliphatic carbocycles. The summed E-state index contributed by atoms with van der Waals surface area (Å²) in [6.07, 6.45) is 2.63. The zero-order valence-electron chi connectivity index (χ0n) is 11.4. The number of rotatable bonds is 5. The van der Waals surface area contributed by atoms with Gasteiger partial charge >= 0.3 is 0 Å². The van der Waals surface area contributed by atoms with Crippen LogP contribution in [0.4, 0.5) is 0 Å². The third kappa shape index (κ3) is 3.63. The molecule has 1 N–H and O–H groups in total. The van der Waals surface area contributed by atoms with E-state index in [2.05, 4.69) is 10.3 Å². The van der Waals surface area contributed by atoms with Crippen LogP contribution in [0.15, 0.2) is 36.5 Å². The van der Waals surface area contributed by atoms with Gasteiger partial charge in [0.1, 0.15) is 0 Å². The molecule has 0 aliphatic heterocycles. The van der Waals surface area contributed by atoms with Gasteiger partial charge in [-0.15, -0.1) is 0 Å². The lowest BCUT2D eigenvalue weighted by Crippen LogP contribution is -2.18. The first-order chi connectivity index (χ1) is 9.63. The van der Waals surface area contributed by atoms with Crippen molar-refractivity contribution < 1.29 is 4.74 Å². The average molecular weight is 311 g/mol. The van der Waals surface area contributed by atoms with E-state index in [1.165, 1.54) is 0 Å². The van der Waals surface area contributed by atoms with E-state index in [1.807, 2.05) is 43.6 Å². The van der Waals surface area contributed by atoms with Gasteiger partial charge in [0.2, 0.25) is 5.88 Å². The standard InChI is InChI=1S/C15H16Cl2N2O/c1-18-14(11-4-5-12(16)13(17)8-11)7-10-3-6-15(20-2)19-9-10/h3-6,8-9,14,18H,7H2,1-2H3. The van der Waals surface area contributed by atoms with Crippen molar-refractivity contribution in [2.24, 2.45) is 0 Å². The zero-order valence-corrected chi connectivity index (χ0v) is 12.9. The zero-order chi connectivity index (χ0) is 14.5. The van der Waals surface area contributed by atoms with Crippen molar-refractivity contribution >= 4 is 23.2 Å². The molecule has 0 spiro atoms. The second-order valence-corrected chi connectivity index (χ2v) is 5.24. The number of benzene rings is 1. The lowest BCUT2D eigenvalue weighted by molar-refractivity contribution is 0.397. The van der Waals surface area contributed by atoms with Crippen LogP contribution in [0.1, 0.15) is 17.2 Å². The predicted molar refractivity (Wildman–Crippen MR) is 82.8 cm³/mol. The molecule has 1 atom stereocenters. The summed E-state index contributed by atoms with van der Waals surface area (Å²) >= 11 is 12.0. The topological polar surface area (TPSA) is 34.1 Å². The molecule has 3 nitrogen and oxygen atoms in total. The number of nitrogens with one attached hydrogen (secondary N) is 1. The summed E-state index contributed by atoms with van der Waals surface area (Å²) in [5, 5.41) is 4.41. The Labute approximate surface area is 128 Å². The molecule has 0 amide bonds. The van der Waals surface area contributed by atoms with Gasteiger partial charge in [-0.05, 0) is 36.7 Å². The van der Waals surface area contributed by atoms with Gasteiger partial charge in [0.05, 0.1) is 17.2 Å². The monoisotopic (exact) mass is 310 g/mol. The van der Waals surface area contributed by atoms with Crippen LogP contribution in [0, 0.1) is 0 Å². The predicted octanol–water partition coefficient (Wildman–Crippen LogP) is 3.90. The molecule has 20 heavy (non-hydrogen) atoms. The van der Waals surface area contributed by atoms with E-state index in [0.29, 0.717) is 15.9 Å². The number of halogens is 2. The fourth-order valence-electron chi connectivity index (χ4n) is 2.00. The summed E-state index contributed by atoms with van der Waals surface area (Å²) in [6, 6.07) is 9.70. The fraction of sp³-hybridized carbons (Fsp3) is 0.267. The van der Waals surface area contributed by atoms with Gasteiger partial charge in [-0.3, -0.25) is 0 Å². The number of nitrogens with zero attached hydrogens (tertiary/aromatic N) is 1. The summed E-state index contributed by atoms with van der Waals surface area (Å²) in [5.74, 6) is 0.615. The van der Waals surface area contributed by atoms with Gasteiger partial charge in [0.25, 0.3) is 0 Å². The number of aromatic nitrogens is 1. The molecule has 5 heteroatoms. The summed E-state index contributed by atoms with van der Waals surface area (Å²) < 4.78 is 5.06. The Morgan fingerprint density at radius 2 is 2.00 bits per heavy atom. The van der Waals surface area contributed by atoms with E-state index in [-0.39, 0.29) is 6.04 Å². The Morgan fingerprint density at radius 1 is 1.20 bits per heavy atom. The molecule has 1 unspecified atom stereocenters. The Kier molecular flexibility index (Phi) is 5.24. The molecule has 2 rings (SSSR count). The SMILES string of the molecule is CNC(Cc1ccc(OC)nc1)c1ccc(Cl)c(Cl)c1. The second-order valence-electron chi connectivity index (χ2n) is 4.43. The molecule has 1 aromatic carbocycles. The van der Waals surface area contributed by atoms with Crippen molar-refractivity contribution in [2.75, 3.05) is 14.2 Å². The summed E-state index contributed by atoms with van der Waals surface area (Å²) in [7, 11) is 3.53. The highest BCUT2D eigenvalue weighted by molar-refractivity contribution is 6.42. The van der Waals surface area contributed by atoms with Gasteiger partial charge < -0.3 is 10.1 Å². The molecule has 0 fully saturated rings. The maximum atomic E-state index is 6.07. The highest BCUT2D eigenvalue weighted by Gasteiger charge is 2.12. The van der Waals surface area contributed by atoms with Gasteiger partial charge in [-0.1, -0.05) is 35.3 Å². The van der Waals surface area contributed by atoms with Crippen LogP contribution in [-0.2, 0) is 6.42 Å². The Hall–Kier alpha value is -1.29. The first-order valence-corrected chi connectivity index (χ1v) is 7.00. The van der Waals surface area contributed by atoms with Gasteiger partial charge in [-0.2, -0.15) is 0 Å². The average Bonchev–Trinajstić information content (AvgIpc) is 2.48. The molecule has 106 valence electrons. The van der Waals surface area contributed by atoms with Crippen LogP contribution in [0.2, 0.25) is 10.0 Å². The smallest absolute Gasteiger partial charge is 0.212 e. The molecular weight excluding hydrogens is 295 g/mol. The minimum Gasteiger partial charge on any atom is -0.481 e. The normalized spacial score (nSPS) is 12.2. The van der Waals surface area contributed by atoms with E-state index in [4.69, 9.17) is 27.9 Å². The van der Waals surface area contributed by atoms with Crippen LogP contribution in [0.25, 0.3) is 0 Å². The van der Waals surface area contributed by atoms with Gasteiger partial charge in [-0.25, -0.2) is 4.98 Å². The van der Waals surface area contributed by atoms with E-state index in [1.54, 1.807) is 7.11 Å². The van der Waals surface area contributed by atoms with Crippen molar-refractivity contribution in [2.45, 2.75) is 12.5 Å². The molecule has 0 radical (unpaired) electrons. The van der Waals surface area contributed by atoms with Gasteiger partial charge in [0, 0.05) is 18.3 Å². The second kappa shape index (κ2) is 6.93. The molecule has 1 heterocycles. The summed E-state index contributed by atoms with van der Waals surface area (Å²) in [6.45, 7) is 0. The third-order valence-electron chi connectivity index (χ3n) is 3.14. The minimum atomic E-state index is 0.153. The molecule has 0 bridgehead atoms. The number of ether oxygens (including phenoxy) is 1. The van der Waals surface area contributed by atoms with Crippen LogP contribution < -0.4 is 10.1 Å². The van der Waals surface area contributed by atoms with Crippen molar-refractivity contribution in [1.82, 2.24) is 10.3 Å². The number of hydrogen-bond donors (Lipinski definition) is 1. The highest BCUT2D eigenvalue weighted by atomic mass is 35.5. The van der Waals surface area contributed by atoms with Crippen LogP contribution >= 0.6 is 23.2 Å². The third-order valence-corrected chi connectivity index (χ3v) is 3.88. The molecule has 2 aromatic rings. The highest BCUT2D eigenvalue weighted by Crippen LogP contribution is 2.27. The number of likely N-dealkylation sites (N-methyl/N-ethyl adjacent to an activating group) is 1. The molecule has 0 aliphatic rings. The van der Waals surface area contributed by atoms with Crippen molar-refractivity contribution in [3.05, 3.63) is 57.7 Å². The maximum Gasteiger partial charge on any atom is 0.212 e. The van der Waals surface area contributed by atoms with Crippen molar-refractivity contribution in [3.8, 4) is 5.88 Å². The first-order valence-electron chi connectivity index (χ1n) is 6.25. The largest absolute Gasteiger partial charge is 0.481 e.